The minimum absolute atomic E-state index is 0.249. The first kappa shape index (κ1) is 14.8. The van der Waals surface area contributed by atoms with E-state index in [9.17, 15) is 4.39 Å². The Bertz CT molecular complexity index is 144. The third-order valence-corrected chi connectivity index (χ3v) is 2.77. The van der Waals surface area contributed by atoms with Gasteiger partial charge in [0, 0.05) is 26.8 Å². The fraction of sp³-hybridized carbons (Fsp3) is 1.00. The van der Waals surface area contributed by atoms with Crippen molar-refractivity contribution in [3.05, 3.63) is 0 Å². The van der Waals surface area contributed by atoms with Gasteiger partial charge in [-0.15, -0.1) is 0 Å². The Kier molecular flexibility index (Phi) is 9.01. The molecule has 0 spiro atoms. The Morgan fingerprint density at radius 2 is 2.07 bits per heavy atom. The van der Waals surface area contributed by atoms with Crippen molar-refractivity contribution in [2.24, 2.45) is 5.92 Å². The van der Waals surface area contributed by atoms with Gasteiger partial charge in [0.15, 0.2) is 0 Å². The van der Waals surface area contributed by atoms with Crippen molar-refractivity contribution in [3.63, 3.8) is 0 Å². The molecule has 0 bridgehead atoms. The minimum atomic E-state index is -0.628. The van der Waals surface area contributed by atoms with Crippen molar-refractivity contribution in [1.82, 2.24) is 4.90 Å². The van der Waals surface area contributed by atoms with E-state index in [0.29, 0.717) is 6.54 Å². The molecule has 2 nitrogen and oxygen atoms in total. The number of hydrogen-bond acceptors (Lipinski definition) is 2. The normalized spacial score (nSPS) is 27.0. The zero-order valence-electron chi connectivity index (χ0n) is 10.6. The van der Waals surface area contributed by atoms with Crippen molar-refractivity contribution < 1.29 is 9.13 Å². The zero-order valence-corrected chi connectivity index (χ0v) is 10.6. The second-order valence-corrected chi connectivity index (χ2v) is 3.93. The highest BCUT2D eigenvalue weighted by atomic mass is 19.1. The van der Waals surface area contributed by atoms with Gasteiger partial charge in [-0.05, 0) is 25.3 Å². The molecule has 0 radical (unpaired) electrons. The highest BCUT2D eigenvalue weighted by Crippen LogP contribution is 2.19. The van der Waals surface area contributed by atoms with Crippen molar-refractivity contribution in [2.45, 2.75) is 39.8 Å². The average molecular weight is 219 g/mol. The lowest BCUT2D eigenvalue weighted by molar-refractivity contribution is 0.0845. The van der Waals surface area contributed by atoms with Crippen LogP contribution in [0, 0.1) is 5.92 Å². The van der Waals surface area contributed by atoms with Gasteiger partial charge in [0.25, 0.3) is 0 Å². The van der Waals surface area contributed by atoms with E-state index < -0.39 is 6.17 Å². The van der Waals surface area contributed by atoms with Crippen LogP contribution < -0.4 is 0 Å². The molecule has 0 amide bonds. The Morgan fingerprint density at radius 3 is 2.60 bits per heavy atom. The number of likely N-dealkylation sites (tertiary alicyclic amines) is 1. The summed E-state index contributed by atoms with van der Waals surface area (Å²) >= 11 is 0. The number of halogens is 1. The molecule has 0 aliphatic carbocycles. The Hall–Kier alpha value is -0.150. The van der Waals surface area contributed by atoms with Crippen LogP contribution in [0.4, 0.5) is 4.39 Å². The number of hydrogen-bond donors (Lipinski definition) is 0. The summed E-state index contributed by atoms with van der Waals surface area (Å²) in [6.45, 7) is 9.41. The van der Waals surface area contributed by atoms with E-state index in [1.807, 2.05) is 20.8 Å². The predicted octanol–water partition coefficient (Wildman–Crippen LogP) is 2.73. The summed E-state index contributed by atoms with van der Waals surface area (Å²) < 4.78 is 18.2. The maximum absolute atomic E-state index is 13.3. The van der Waals surface area contributed by atoms with Crippen LogP contribution in [0.3, 0.4) is 0 Å². The molecular formula is C12H26FNO. The number of methoxy groups -OCH3 is 1. The molecule has 1 fully saturated rings. The predicted molar refractivity (Wildman–Crippen MR) is 63.0 cm³/mol. The molecule has 0 aromatic heterocycles. The Morgan fingerprint density at radius 1 is 1.40 bits per heavy atom. The van der Waals surface area contributed by atoms with E-state index in [1.165, 1.54) is 0 Å². The lowest BCUT2D eigenvalue weighted by Gasteiger charge is -2.32. The van der Waals surface area contributed by atoms with E-state index in [-0.39, 0.29) is 5.92 Å². The molecular weight excluding hydrogens is 193 g/mol. The monoisotopic (exact) mass is 219 g/mol. The smallest absolute Gasteiger partial charge is 0.115 e. The third kappa shape index (κ3) is 6.10. The summed E-state index contributed by atoms with van der Waals surface area (Å²) in [5.41, 5.74) is 0. The first-order valence-electron chi connectivity index (χ1n) is 6.09. The van der Waals surface area contributed by atoms with Crippen molar-refractivity contribution >= 4 is 0 Å². The maximum atomic E-state index is 13.3. The quantitative estimate of drug-likeness (QED) is 0.674. The van der Waals surface area contributed by atoms with Crippen molar-refractivity contribution in [2.75, 3.05) is 33.4 Å². The Balaban J connectivity index is 0.000000921. The van der Waals surface area contributed by atoms with E-state index in [1.54, 1.807) is 7.11 Å². The first-order chi connectivity index (χ1) is 7.24. The Labute approximate surface area is 93.8 Å². The lowest BCUT2D eigenvalue weighted by Crippen LogP contribution is -2.41. The summed E-state index contributed by atoms with van der Waals surface area (Å²) in [7, 11) is 1.70. The highest BCUT2D eigenvalue weighted by molar-refractivity contribution is 4.77. The molecule has 2 atom stereocenters. The van der Waals surface area contributed by atoms with Gasteiger partial charge in [-0.2, -0.15) is 0 Å². The molecule has 2 unspecified atom stereocenters. The lowest BCUT2D eigenvalue weighted by atomic mass is 9.97. The molecule has 1 rings (SSSR count). The van der Waals surface area contributed by atoms with Crippen LogP contribution in [-0.4, -0.2) is 44.4 Å². The topological polar surface area (TPSA) is 12.5 Å². The fourth-order valence-electron chi connectivity index (χ4n) is 1.72. The van der Waals surface area contributed by atoms with E-state index in [4.69, 9.17) is 4.74 Å². The van der Waals surface area contributed by atoms with Gasteiger partial charge in [0.05, 0.1) is 0 Å². The van der Waals surface area contributed by atoms with E-state index >= 15 is 0 Å². The van der Waals surface area contributed by atoms with E-state index in [2.05, 4.69) is 4.90 Å². The average Bonchev–Trinajstić information content (AvgIpc) is 2.27. The van der Waals surface area contributed by atoms with Crippen LogP contribution in [0.2, 0.25) is 0 Å². The number of alkyl halides is 1. The number of piperidine rings is 1. The number of ether oxygens (including phenoxy) is 1. The van der Waals surface area contributed by atoms with Gasteiger partial charge in [-0.1, -0.05) is 20.8 Å². The molecule has 1 heterocycles. The molecule has 1 aliphatic heterocycles. The van der Waals surface area contributed by atoms with Crippen LogP contribution >= 0.6 is 0 Å². The van der Waals surface area contributed by atoms with Gasteiger partial charge in [0.1, 0.15) is 6.17 Å². The molecule has 0 N–H and O–H groups in total. The molecule has 0 saturated carbocycles. The summed E-state index contributed by atoms with van der Waals surface area (Å²) in [5, 5.41) is 0. The van der Waals surface area contributed by atoms with E-state index in [0.717, 1.165) is 32.5 Å². The van der Waals surface area contributed by atoms with Crippen LogP contribution in [0.5, 0.6) is 0 Å². The highest BCUT2D eigenvalue weighted by Gasteiger charge is 2.24. The molecule has 0 aromatic rings. The van der Waals surface area contributed by atoms with Crippen molar-refractivity contribution in [1.29, 1.82) is 0 Å². The molecule has 92 valence electrons. The molecule has 1 saturated heterocycles. The number of rotatable bonds is 4. The van der Waals surface area contributed by atoms with Gasteiger partial charge >= 0.3 is 0 Å². The first-order valence-corrected chi connectivity index (χ1v) is 6.09. The molecule has 15 heavy (non-hydrogen) atoms. The van der Waals surface area contributed by atoms with Crippen LogP contribution in [0.15, 0.2) is 0 Å². The van der Waals surface area contributed by atoms with Crippen molar-refractivity contribution in [3.8, 4) is 0 Å². The largest absolute Gasteiger partial charge is 0.385 e. The van der Waals surface area contributed by atoms with Crippen LogP contribution in [0.1, 0.15) is 33.6 Å². The number of nitrogens with zero attached hydrogens (tertiary/aromatic N) is 1. The minimum Gasteiger partial charge on any atom is -0.385 e. The summed E-state index contributed by atoms with van der Waals surface area (Å²) in [6, 6.07) is 0. The standard InChI is InChI=1S/C10H20FNO.C2H6/c1-9-4-6-12(8-10(9)11)5-3-7-13-2;1-2/h9-10H,3-8H2,1-2H3;1-2H3. The van der Waals surface area contributed by atoms with Gasteiger partial charge in [0.2, 0.25) is 0 Å². The van der Waals surface area contributed by atoms with Gasteiger partial charge in [-0.3, -0.25) is 0 Å². The second-order valence-electron chi connectivity index (χ2n) is 3.93. The molecule has 1 aliphatic rings. The summed E-state index contributed by atoms with van der Waals surface area (Å²) in [4.78, 5) is 2.20. The maximum Gasteiger partial charge on any atom is 0.115 e. The zero-order chi connectivity index (χ0) is 11.7. The van der Waals surface area contributed by atoms with Gasteiger partial charge < -0.3 is 9.64 Å². The SMILES string of the molecule is CC.COCCCN1CCC(C)C(F)C1. The second kappa shape index (κ2) is 9.10. The summed E-state index contributed by atoms with van der Waals surface area (Å²) in [5.74, 6) is 0.249. The fourth-order valence-corrected chi connectivity index (χ4v) is 1.72. The van der Waals surface area contributed by atoms with Gasteiger partial charge in [-0.25, -0.2) is 4.39 Å². The molecule has 0 aromatic carbocycles. The third-order valence-electron chi connectivity index (χ3n) is 2.77. The van der Waals surface area contributed by atoms with Crippen LogP contribution in [-0.2, 0) is 4.74 Å². The summed E-state index contributed by atoms with van der Waals surface area (Å²) in [6.07, 6.45) is 1.38. The van der Waals surface area contributed by atoms with Crippen LogP contribution in [0.25, 0.3) is 0 Å². The molecule has 3 heteroatoms.